The summed E-state index contributed by atoms with van der Waals surface area (Å²) in [6.07, 6.45) is 0. The number of nitrogens with one attached hydrogen (secondary N) is 2. The van der Waals surface area contributed by atoms with E-state index in [1.54, 1.807) is 60.7 Å². The lowest BCUT2D eigenvalue weighted by molar-refractivity contribution is -0.134. The number of carboxylic acids is 1. The van der Waals surface area contributed by atoms with Crippen LogP contribution in [0, 0.1) is 0 Å². The Bertz CT molecular complexity index is 1150. The number of aromatic carboxylic acids is 1. The molecule has 1 saturated heterocycles. The number of urea groups is 1. The molecule has 2 atom stereocenters. The molecule has 2 unspecified atom stereocenters. The Morgan fingerprint density at radius 1 is 1.06 bits per heavy atom. The second kappa shape index (κ2) is 8.36. The number of imide groups is 1. The Balaban J connectivity index is 1.66. The van der Waals surface area contributed by atoms with E-state index < -0.39 is 35.9 Å². The topological polar surface area (TPSA) is 129 Å². The minimum Gasteiger partial charge on any atom is -0.476 e. The Morgan fingerprint density at radius 3 is 2.32 bits per heavy atom. The molecule has 9 nitrogen and oxygen atoms in total. The minimum absolute atomic E-state index is 0.0509. The number of anilines is 1. The number of amides is 4. The van der Waals surface area contributed by atoms with E-state index in [1.165, 1.54) is 5.38 Å². The molecule has 0 radical (unpaired) electrons. The number of hydrogen-bond acceptors (Lipinski definition) is 6. The quantitative estimate of drug-likeness (QED) is 0.510. The van der Waals surface area contributed by atoms with Crippen molar-refractivity contribution in [3.05, 3.63) is 82.9 Å². The van der Waals surface area contributed by atoms with Gasteiger partial charge in [-0.05, 0) is 11.1 Å². The molecule has 0 spiro atoms. The second-order valence-corrected chi connectivity index (χ2v) is 7.51. The maximum atomic E-state index is 13.2. The average Bonchev–Trinajstić information content (AvgIpc) is 3.35. The first-order valence-electron chi connectivity index (χ1n) is 9.19. The van der Waals surface area contributed by atoms with Crippen molar-refractivity contribution in [3.8, 4) is 0 Å². The SMILES string of the molecule is O=C(O)c1csc(NC(=O)C(c2ccccc2)N2C(=O)NC(c3ccccc3)C2=O)n1. The summed E-state index contributed by atoms with van der Waals surface area (Å²) in [4.78, 5) is 54.8. The van der Waals surface area contributed by atoms with Gasteiger partial charge in [-0.1, -0.05) is 60.7 Å². The van der Waals surface area contributed by atoms with Crippen molar-refractivity contribution in [2.24, 2.45) is 0 Å². The van der Waals surface area contributed by atoms with E-state index in [-0.39, 0.29) is 10.8 Å². The predicted octanol–water partition coefficient (Wildman–Crippen LogP) is 2.81. The second-order valence-electron chi connectivity index (χ2n) is 6.65. The highest BCUT2D eigenvalue weighted by Crippen LogP contribution is 2.31. The van der Waals surface area contributed by atoms with Crippen molar-refractivity contribution in [2.75, 3.05) is 5.32 Å². The van der Waals surface area contributed by atoms with Crippen LogP contribution >= 0.6 is 11.3 Å². The highest BCUT2D eigenvalue weighted by molar-refractivity contribution is 7.14. The molecule has 3 aromatic rings. The van der Waals surface area contributed by atoms with E-state index in [4.69, 9.17) is 5.11 Å². The monoisotopic (exact) mass is 436 g/mol. The molecule has 10 heteroatoms. The highest BCUT2D eigenvalue weighted by atomic mass is 32.1. The molecular weight excluding hydrogens is 420 g/mol. The summed E-state index contributed by atoms with van der Waals surface area (Å²) in [7, 11) is 0. The lowest BCUT2D eigenvalue weighted by Crippen LogP contribution is -2.41. The van der Waals surface area contributed by atoms with Crippen LogP contribution in [0.15, 0.2) is 66.0 Å². The number of aromatic nitrogens is 1. The number of benzene rings is 2. The molecule has 1 aliphatic heterocycles. The van der Waals surface area contributed by atoms with Gasteiger partial charge in [0.05, 0.1) is 0 Å². The first-order chi connectivity index (χ1) is 15.0. The van der Waals surface area contributed by atoms with Gasteiger partial charge in [0.15, 0.2) is 10.8 Å². The fourth-order valence-corrected chi connectivity index (χ4v) is 3.95. The van der Waals surface area contributed by atoms with Gasteiger partial charge in [0.25, 0.3) is 11.8 Å². The van der Waals surface area contributed by atoms with E-state index >= 15 is 0 Å². The van der Waals surface area contributed by atoms with Crippen LogP contribution in [0.2, 0.25) is 0 Å². The van der Waals surface area contributed by atoms with E-state index in [9.17, 15) is 19.2 Å². The number of thiazole rings is 1. The van der Waals surface area contributed by atoms with Crippen molar-refractivity contribution in [3.63, 3.8) is 0 Å². The number of nitrogens with zero attached hydrogens (tertiary/aromatic N) is 2. The lowest BCUT2D eigenvalue weighted by Gasteiger charge is -2.24. The number of carboxylic acid groups (broad SMARTS) is 1. The van der Waals surface area contributed by atoms with Gasteiger partial charge in [-0.25, -0.2) is 19.5 Å². The molecule has 156 valence electrons. The Morgan fingerprint density at radius 2 is 1.71 bits per heavy atom. The third-order valence-corrected chi connectivity index (χ3v) is 5.44. The van der Waals surface area contributed by atoms with Crippen molar-refractivity contribution >= 4 is 40.3 Å². The van der Waals surface area contributed by atoms with Gasteiger partial charge in [0.1, 0.15) is 12.1 Å². The van der Waals surface area contributed by atoms with Crippen LogP contribution in [0.3, 0.4) is 0 Å². The number of carbonyl (C=O) groups is 4. The summed E-state index contributed by atoms with van der Waals surface area (Å²) in [6, 6.07) is 14.2. The first-order valence-corrected chi connectivity index (χ1v) is 10.1. The molecule has 1 aromatic heterocycles. The molecular formula is C21H16N4O5S. The molecule has 2 heterocycles. The third kappa shape index (κ3) is 4.01. The molecule has 0 bridgehead atoms. The highest BCUT2D eigenvalue weighted by Gasteiger charge is 2.46. The molecule has 1 fully saturated rings. The van der Waals surface area contributed by atoms with Gasteiger partial charge in [-0.2, -0.15) is 0 Å². The average molecular weight is 436 g/mol. The molecule has 4 rings (SSSR count). The van der Waals surface area contributed by atoms with Gasteiger partial charge in [0, 0.05) is 5.38 Å². The minimum atomic E-state index is -1.26. The molecule has 4 amide bonds. The van der Waals surface area contributed by atoms with E-state index in [0.29, 0.717) is 11.1 Å². The number of rotatable bonds is 6. The Kier molecular flexibility index (Phi) is 5.46. The summed E-state index contributed by atoms with van der Waals surface area (Å²) in [6.45, 7) is 0. The molecule has 2 aromatic carbocycles. The van der Waals surface area contributed by atoms with Gasteiger partial charge in [-0.15, -0.1) is 11.3 Å². The maximum absolute atomic E-state index is 13.2. The number of carbonyl (C=O) groups excluding carboxylic acids is 3. The first kappa shape index (κ1) is 20.2. The fourth-order valence-electron chi connectivity index (χ4n) is 3.27. The molecule has 31 heavy (non-hydrogen) atoms. The Labute approximate surface area is 180 Å². The van der Waals surface area contributed by atoms with Crippen molar-refractivity contribution in [1.82, 2.24) is 15.2 Å². The van der Waals surface area contributed by atoms with Gasteiger partial charge in [-0.3, -0.25) is 14.9 Å². The van der Waals surface area contributed by atoms with Crippen LogP contribution in [0.25, 0.3) is 0 Å². The standard InChI is InChI=1S/C21H16N4O5S/c26-17(24-20-22-14(11-31-20)19(28)29)16(13-9-5-2-6-10-13)25-18(27)15(23-21(25)30)12-7-3-1-4-8-12/h1-11,15-16H,(H,23,30)(H,28,29)(H,22,24,26). The van der Waals surface area contributed by atoms with Crippen molar-refractivity contribution < 1.29 is 24.3 Å². The lowest BCUT2D eigenvalue weighted by atomic mass is 10.0. The van der Waals surface area contributed by atoms with Crippen LogP contribution in [0.1, 0.15) is 33.7 Å². The zero-order valence-corrected chi connectivity index (χ0v) is 16.7. The summed E-state index contributed by atoms with van der Waals surface area (Å²) < 4.78 is 0. The molecule has 1 aliphatic rings. The molecule has 0 saturated carbocycles. The van der Waals surface area contributed by atoms with E-state index in [0.717, 1.165) is 16.2 Å². The predicted molar refractivity (Wildman–Crippen MR) is 111 cm³/mol. The Hall–Kier alpha value is -4.05. The zero-order chi connectivity index (χ0) is 22.0. The summed E-state index contributed by atoms with van der Waals surface area (Å²) in [5, 5.41) is 15.5. The van der Waals surface area contributed by atoms with E-state index in [1.807, 2.05) is 0 Å². The summed E-state index contributed by atoms with van der Waals surface area (Å²) in [5.74, 6) is -2.48. The largest absolute Gasteiger partial charge is 0.476 e. The third-order valence-electron chi connectivity index (χ3n) is 4.68. The normalized spacial score (nSPS) is 16.6. The van der Waals surface area contributed by atoms with Crippen LogP contribution in [0.5, 0.6) is 0 Å². The maximum Gasteiger partial charge on any atom is 0.355 e. The van der Waals surface area contributed by atoms with Crippen molar-refractivity contribution in [1.29, 1.82) is 0 Å². The van der Waals surface area contributed by atoms with E-state index in [2.05, 4.69) is 15.6 Å². The van der Waals surface area contributed by atoms with Crippen LogP contribution < -0.4 is 10.6 Å². The van der Waals surface area contributed by atoms with Crippen molar-refractivity contribution in [2.45, 2.75) is 12.1 Å². The summed E-state index contributed by atoms with van der Waals surface area (Å²) in [5.41, 5.74) is 0.810. The molecule has 0 aliphatic carbocycles. The van der Waals surface area contributed by atoms with Gasteiger partial charge >= 0.3 is 12.0 Å². The number of hydrogen-bond donors (Lipinski definition) is 3. The fraction of sp³-hybridized carbons (Fsp3) is 0.0952. The summed E-state index contributed by atoms with van der Waals surface area (Å²) >= 11 is 0.932. The van der Waals surface area contributed by atoms with Crippen LogP contribution in [0.4, 0.5) is 9.93 Å². The smallest absolute Gasteiger partial charge is 0.355 e. The van der Waals surface area contributed by atoms with Gasteiger partial charge in [0.2, 0.25) is 0 Å². The van der Waals surface area contributed by atoms with Gasteiger partial charge < -0.3 is 10.4 Å². The zero-order valence-electron chi connectivity index (χ0n) is 15.9. The van der Waals surface area contributed by atoms with Crippen LogP contribution in [-0.4, -0.2) is 38.8 Å². The van der Waals surface area contributed by atoms with Crippen LogP contribution in [-0.2, 0) is 9.59 Å². The molecule has 3 N–H and O–H groups in total.